The standard InChI is InChI=1S/C19H24ClN3O4/c1-11(2)16-9-13(22-27-16)15-6-5-7-23(15)19(24)21-14-8-12(20)17(25-3)10-18(14)26-4/h8-11,15H,5-7H2,1-4H3,(H,21,24)/t15-/m1/s1. The highest BCUT2D eigenvalue weighted by Gasteiger charge is 2.33. The number of carbonyl (C=O) groups is 1. The third-order valence-corrected chi connectivity index (χ3v) is 4.98. The Balaban J connectivity index is 1.79. The number of nitrogens with one attached hydrogen (secondary N) is 1. The predicted molar refractivity (Wildman–Crippen MR) is 103 cm³/mol. The third-order valence-electron chi connectivity index (χ3n) is 4.69. The van der Waals surface area contributed by atoms with Gasteiger partial charge in [0.25, 0.3) is 0 Å². The number of hydrogen-bond acceptors (Lipinski definition) is 5. The lowest BCUT2D eigenvalue weighted by atomic mass is 10.1. The molecule has 1 aliphatic heterocycles. The number of hydrogen-bond donors (Lipinski definition) is 1. The molecular weight excluding hydrogens is 370 g/mol. The zero-order valence-corrected chi connectivity index (χ0v) is 16.7. The van der Waals surface area contributed by atoms with Gasteiger partial charge in [-0.15, -0.1) is 0 Å². The van der Waals surface area contributed by atoms with Crippen LogP contribution >= 0.6 is 11.6 Å². The quantitative estimate of drug-likeness (QED) is 0.786. The normalized spacial score (nSPS) is 16.7. The zero-order chi connectivity index (χ0) is 19.6. The maximum Gasteiger partial charge on any atom is 0.322 e. The lowest BCUT2D eigenvalue weighted by Crippen LogP contribution is -2.34. The van der Waals surface area contributed by atoms with Crippen LogP contribution in [0.25, 0.3) is 0 Å². The van der Waals surface area contributed by atoms with E-state index in [1.165, 1.54) is 14.2 Å². The van der Waals surface area contributed by atoms with Gasteiger partial charge in [0.15, 0.2) is 0 Å². The maximum absolute atomic E-state index is 12.9. The van der Waals surface area contributed by atoms with Crippen LogP contribution < -0.4 is 14.8 Å². The minimum atomic E-state index is -0.230. The molecule has 146 valence electrons. The third kappa shape index (κ3) is 3.98. The van der Waals surface area contributed by atoms with Gasteiger partial charge >= 0.3 is 6.03 Å². The minimum absolute atomic E-state index is 0.110. The van der Waals surface area contributed by atoms with Crippen LogP contribution in [0.4, 0.5) is 10.5 Å². The van der Waals surface area contributed by atoms with Crippen molar-refractivity contribution < 1.29 is 18.8 Å². The van der Waals surface area contributed by atoms with Crippen molar-refractivity contribution in [2.45, 2.75) is 38.6 Å². The summed E-state index contributed by atoms with van der Waals surface area (Å²) in [4.78, 5) is 14.7. The molecule has 2 amide bonds. The Hall–Kier alpha value is -2.41. The van der Waals surface area contributed by atoms with E-state index < -0.39 is 0 Å². The first-order valence-corrected chi connectivity index (χ1v) is 9.28. The van der Waals surface area contributed by atoms with E-state index in [1.54, 1.807) is 17.0 Å². The van der Waals surface area contributed by atoms with Crippen LogP contribution in [0.2, 0.25) is 5.02 Å². The first kappa shape index (κ1) is 19.4. The molecule has 1 atom stereocenters. The van der Waals surface area contributed by atoms with E-state index >= 15 is 0 Å². The number of methoxy groups -OCH3 is 2. The number of likely N-dealkylation sites (tertiary alicyclic amines) is 1. The summed E-state index contributed by atoms with van der Waals surface area (Å²) < 4.78 is 15.9. The SMILES string of the molecule is COc1cc(OC)c(NC(=O)N2CCC[C@@H]2c2cc(C(C)C)on2)cc1Cl. The summed E-state index contributed by atoms with van der Waals surface area (Å²) in [7, 11) is 3.05. The van der Waals surface area contributed by atoms with Gasteiger partial charge in [-0.1, -0.05) is 30.6 Å². The number of aromatic nitrogens is 1. The van der Waals surface area contributed by atoms with E-state index in [9.17, 15) is 4.79 Å². The van der Waals surface area contributed by atoms with E-state index in [2.05, 4.69) is 10.5 Å². The van der Waals surface area contributed by atoms with Gasteiger partial charge in [0.2, 0.25) is 0 Å². The first-order valence-electron chi connectivity index (χ1n) is 8.90. The Morgan fingerprint density at radius 3 is 2.67 bits per heavy atom. The maximum atomic E-state index is 12.9. The lowest BCUT2D eigenvalue weighted by Gasteiger charge is -2.24. The monoisotopic (exact) mass is 393 g/mol. The topological polar surface area (TPSA) is 76.8 Å². The molecule has 2 heterocycles. The average molecular weight is 394 g/mol. The van der Waals surface area contributed by atoms with Crippen molar-refractivity contribution in [2.75, 3.05) is 26.1 Å². The Labute approximate surface area is 163 Å². The fourth-order valence-electron chi connectivity index (χ4n) is 3.20. The van der Waals surface area contributed by atoms with Crippen molar-refractivity contribution in [1.82, 2.24) is 10.1 Å². The fourth-order valence-corrected chi connectivity index (χ4v) is 3.44. The largest absolute Gasteiger partial charge is 0.495 e. The Bertz CT molecular complexity index is 821. The van der Waals surface area contributed by atoms with E-state index in [1.807, 2.05) is 19.9 Å². The van der Waals surface area contributed by atoms with Crippen LogP contribution in [-0.4, -0.2) is 36.9 Å². The van der Waals surface area contributed by atoms with Crippen molar-refractivity contribution in [1.29, 1.82) is 0 Å². The van der Waals surface area contributed by atoms with Gasteiger partial charge in [-0.2, -0.15) is 0 Å². The molecule has 7 nitrogen and oxygen atoms in total. The van der Waals surface area contributed by atoms with Gasteiger partial charge in [-0.3, -0.25) is 0 Å². The molecule has 1 N–H and O–H groups in total. The van der Waals surface area contributed by atoms with Crippen LogP contribution in [0.5, 0.6) is 11.5 Å². The molecule has 1 saturated heterocycles. The highest BCUT2D eigenvalue weighted by atomic mass is 35.5. The van der Waals surface area contributed by atoms with Crippen LogP contribution in [0.1, 0.15) is 50.1 Å². The van der Waals surface area contributed by atoms with Crippen molar-refractivity contribution in [3.63, 3.8) is 0 Å². The van der Waals surface area contributed by atoms with Crippen molar-refractivity contribution in [3.8, 4) is 11.5 Å². The van der Waals surface area contributed by atoms with E-state index in [4.69, 9.17) is 25.6 Å². The number of urea groups is 1. The summed E-state index contributed by atoms with van der Waals surface area (Å²) in [6.45, 7) is 4.73. The zero-order valence-electron chi connectivity index (χ0n) is 15.9. The lowest BCUT2D eigenvalue weighted by molar-refractivity contribution is 0.204. The fraction of sp³-hybridized carbons (Fsp3) is 0.474. The number of nitrogens with zero attached hydrogens (tertiary/aromatic N) is 2. The van der Waals surface area contributed by atoms with Crippen LogP contribution in [0.3, 0.4) is 0 Å². The van der Waals surface area contributed by atoms with Crippen LogP contribution in [0, 0.1) is 0 Å². The molecule has 0 unspecified atom stereocenters. The number of carbonyl (C=O) groups excluding carboxylic acids is 1. The Kier molecular flexibility index (Phi) is 5.79. The van der Waals surface area contributed by atoms with Gasteiger partial charge in [0, 0.05) is 24.6 Å². The smallest absolute Gasteiger partial charge is 0.322 e. The summed E-state index contributed by atoms with van der Waals surface area (Å²) >= 11 is 6.19. The number of benzene rings is 1. The number of rotatable bonds is 5. The van der Waals surface area contributed by atoms with E-state index in [0.717, 1.165) is 24.3 Å². The molecule has 0 saturated carbocycles. The second-order valence-corrected chi connectivity index (χ2v) is 7.18. The predicted octanol–water partition coefficient (Wildman–Crippen LogP) is 4.84. The van der Waals surface area contributed by atoms with Gasteiger partial charge in [0.05, 0.1) is 31.0 Å². The highest BCUT2D eigenvalue weighted by Crippen LogP contribution is 2.37. The molecule has 0 bridgehead atoms. The van der Waals surface area contributed by atoms with Gasteiger partial charge in [-0.05, 0) is 18.9 Å². The first-order chi connectivity index (χ1) is 12.9. The molecule has 1 aromatic carbocycles. The number of anilines is 1. The number of halogens is 1. The van der Waals surface area contributed by atoms with Crippen molar-refractivity contribution >= 4 is 23.3 Å². The number of amides is 2. The molecule has 1 aliphatic rings. The molecule has 0 radical (unpaired) electrons. The molecule has 1 aromatic heterocycles. The summed E-state index contributed by atoms with van der Waals surface area (Å²) in [5.41, 5.74) is 1.27. The molecule has 1 fully saturated rings. The van der Waals surface area contributed by atoms with Gasteiger partial charge < -0.3 is 24.2 Å². The summed E-state index contributed by atoms with van der Waals surface area (Å²) in [6.07, 6.45) is 1.75. The highest BCUT2D eigenvalue weighted by molar-refractivity contribution is 6.32. The van der Waals surface area contributed by atoms with E-state index in [0.29, 0.717) is 28.8 Å². The van der Waals surface area contributed by atoms with Crippen LogP contribution in [-0.2, 0) is 0 Å². The van der Waals surface area contributed by atoms with Crippen LogP contribution in [0.15, 0.2) is 22.7 Å². The van der Waals surface area contributed by atoms with Crippen molar-refractivity contribution in [2.24, 2.45) is 0 Å². The molecular formula is C19H24ClN3O4. The molecule has 0 spiro atoms. The van der Waals surface area contributed by atoms with E-state index in [-0.39, 0.29) is 18.0 Å². The summed E-state index contributed by atoms with van der Waals surface area (Å²) in [5.74, 6) is 2.03. The molecule has 0 aliphatic carbocycles. The molecule has 2 aromatic rings. The van der Waals surface area contributed by atoms with Gasteiger partial charge in [0.1, 0.15) is 23.0 Å². The molecule has 27 heavy (non-hydrogen) atoms. The second-order valence-electron chi connectivity index (χ2n) is 6.78. The minimum Gasteiger partial charge on any atom is -0.495 e. The average Bonchev–Trinajstić information content (AvgIpc) is 3.31. The second kappa shape index (κ2) is 8.08. The number of ether oxygens (including phenoxy) is 2. The molecule has 8 heteroatoms. The molecule has 3 rings (SSSR count). The Morgan fingerprint density at radius 1 is 1.30 bits per heavy atom. The van der Waals surface area contributed by atoms with Gasteiger partial charge in [-0.25, -0.2) is 4.79 Å². The summed E-state index contributed by atoms with van der Waals surface area (Å²) in [6, 6.07) is 4.86. The summed E-state index contributed by atoms with van der Waals surface area (Å²) in [5, 5.41) is 7.45. The van der Waals surface area contributed by atoms with Crippen molar-refractivity contribution in [3.05, 3.63) is 34.7 Å². The Morgan fingerprint density at radius 2 is 2.04 bits per heavy atom.